The van der Waals surface area contributed by atoms with Gasteiger partial charge in [-0.25, -0.2) is 0 Å². The van der Waals surface area contributed by atoms with Gasteiger partial charge in [0, 0.05) is 6.07 Å². The third-order valence-corrected chi connectivity index (χ3v) is 1.80. The number of aliphatic hydroxyl groups is 1. The van der Waals surface area contributed by atoms with Crippen molar-refractivity contribution in [2.45, 2.75) is 6.04 Å². The Morgan fingerprint density at radius 1 is 1.57 bits per heavy atom. The highest BCUT2D eigenvalue weighted by Gasteiger charge is 2.19. The SMILES string of the molecule is N[C@@H](CO)c1cc(O)ccc1[N+](=O)[O-]. The summed E-state index contributed by atoms with van der Waals surface area (Å²) >= 11 is 0. The minimum absolute atomic E-state index is 0.116. The molecule has 1 atom stereocenters. The van der Waals surface area contributed by atoms with Crippen LogP contribution in [0.25, 0.3) is 0 Å². The number of hydrogen-bond acceptors (Lipinski definition) is 5. The number of nitro benzene ring substituents is 1. The second-order valence-corrected chi connectivity index (χ2v) is 2.79. The average Bonchev–Trinajstić information content (AvgIpc) is 2.16. The van der Waals surface area contributed by atoms with Crippen LogP contribution in [0.3, 0.4) is 0 Å². The largest absolute Gasteiger partial charge is 0.508 e. The molecule has 0 heterocycles. The lowest BCUT2D eigenvalue weighted by Gasteiger charge is -2.08. The van der Waals surface area contributed by atoms with Crippen LogP contribution in [0, 0.1) is 10.1 Å². The summed E-state index contributed by atoms with van der Waals surface area (Å²) in [4.78, 5) is 9.93. The normalized spacial score (nSPS) is 12.4. The number of phenols is 1. The maximum absolute atomic E-state index is 10.5. The summed E-state index contributed by atoms with van der Waals surface area (Å²) in [5.74, 6) is -0.116. The van der Waals surface area contributed by atoms with E-state index in [0.29, 0.717) is 0 Å². The minimum Gasteiger partial charge on any atom is -0.508 e. The fraction of sp³-hybridized carbons (Fsp3) is 0.250. The van der Waals surface area contributed by atoms with Crippen LogP contribution in [0.2, 0.25) is 0 Å². The first-order chi connectivity index (χ1) is 6.56. The second kappa shape index (κ2) is 4.03. The highest BCUT2D eigenvalue weighted by atomic mass is 16.6. The molecule has 1 aromatic rings. The Morgan fingerprint density at radius 2 is 2.21 bits per heavy atom. The zero-order valence-corrected chi connectivity index (χ0v) is 7.25. The molecule has 6 heteroatoms. The Morgan fingerprint density at radius 3 is 2.71 bits per heavy atom. The van der Waals surface area contributed by atoms with Gasteiger partial charge in [0.25, 0.3) is 5.69 Å². The van der Waals surface area contributed by atoms with Crippen LogP contribution in [0.5, 0.6) is 5.75 Å². The predicted molar refractivity (Wildman–Crippen MR) is 48.8 cm³/mol. The average molecular weight is 198 g/mol. The van der Waals surface area contributed by atoms with Crippen molar-refractivity contribution < 1.29 is 15.1 Å². The van der Waals surface area contributed by atoms with Crippen molar-refractivity contribution in [1.82, 2.24) is 0 Å². The van der Waals surface area contributed by atoms with Crippen molar-refractivity contribution in [2.75, 3.05) is 6.61 Å². The number of nitro groups is 1. The van der Waals surface area contributed by atoms with Crippen LogP contribution in [-0.2, 0) is 0 Å². The Kier molecular flexibility index (Phi) is 3.00. The van der Waals surface area contributed by atoms with Gasteiger partial charge in [-0.15, -0.1) is 0 Å². The van der Waals surface area contributed by atoms with Gasteiger partial charge in [0.15, 0.2) is 0 Å². The monoisotopic (exact) mass is 198 g/mol. The zero-order chi connectivity index (χ0) is 10.7. The molecule has 0 saturated heterocycles. The molecular formula is C8H10N2O4. The van der Waals surface area contributed by atoms with E-state index >= 15 is 0 Å². The van der Waals surface area contributed by atoms with Crippen molar-refractivity contribution in [3.63, 3.8) is 0 Å². The Labute approximate surface area is 79.7 Å². The summed E-state index contributed by atoms with van der Waals surface area (Å²) in [5.41, 5.74) is 5.35. The van der Waals surface area contributed by atoms with Crippen LogP contribution < -0.4 is 5.73 Å². The predicted octanol–water partition coefficient (Wildman–Crippen LogP) is 0.292. The molecule has 0 radical (unpaired) electrons. The third-order valence-electron chi connectivity index (χ3n) is 1.80. The van der Waals surface area contributed by atoms with E-state index in [1.54, 1.807) is 0 Å². The Bertz CT molecular complexity index is 353. The number of nitrogens with zero attached hydrogens (tertiary/aromatic N) is 1. The number of aliphatic hydroxyl groups excluding tert-OH is 1. The Balaban J connectivity index is 3.22. The topological polar surface area (TPSA) is 110 Å². The first-order valence-electron chi connectivity index (χ1n) is 3.90. The molecule has 0 amide bonds. The van der Waals surface area contributed by atoms with Gasteiger partial charge < -0.3 is 15.9 Å². The molecular weight excluding hydrogens is 188 g/mol. The lowest BCUT2D eigenvalue weighted by Crippen LogP contribution is -2.16. The van der Waals surface area contributed by atoms with E-state index < -0.39 is 17.6 Å². The van der Waals surface area contributed by atoms with Crippen molar-refractivity contribution in [2.24, 2.45) is 5.73 Å². The highest BCUT2D eigenvalue weighted by Crippen LogP contribution is 2.27. The van der Waals surface area contributed by atoms with E-state index in [1.165, 1.54) is 12.1 Å². The smallest absolute Gasteiger partial charge is 0.274 e. The molecule has 6 nitrogen and oxygen atoms in total. The zero-order valence-electron chi connectivity index (χ0n) is 7.25. The van der Waals surface area contributed by atoms with Crippen molar-refractivity contribution in [3.8, 4) is 5.75 Å². The van der Waals surface area contributed by atoms with Crippen LogP contribution >= 0.6 is 0 Å². The number of benzene rings is 1. The van der Waals surface area contributed by atoms with Crippen LogP contribution in [-0.4, -0.2) is 21.7 Å². The molecule has 0 spiro atoms. The highest BCUT2D eigenvalue weighted by molar-refractivity contribution is 5.46. The van der Waals surface area contributed by atoms with Gasteiger partial charge in [0.05, 0.1) is 23.1 Å². The van der Waals surface area contributed by atoms with E-state index in [4.69, 9.17) is 15.9 Å². The van der Waals surface area contributed by atoms with Gasteiger partial charge in [0.1, 0.15) is 5.75 Å². The second-order valence-electron chi connectivity index (χ2n) is 2.79. The molecule has 4 N–H and O–H groups in total. The van der Waals surface area contributed by atoms with Gasteiger partial charge in [-0.05, 0) is 12.1 Å². The van der Waals surface area contributed by atoms with Crippen LogP contribution in [0.1, 0.15) is 11.6 Å². The molecule has 1 rings (SSSR count). The number of nitrogens with two attached hydrogens (primary N) is 1. The van der Waals surface area contributed by atoms with E-state index in [0.717, 1.165) is 6.07 Å². The van der Waals surface area contributed by atoms with Crippen LogP contribution in [0.15, 0.2) is 18.2 Å². The summed E-state index contributed by atoms with van der Waals surface area (Å²) in [6.45, 7) is -0.412. The molecule has 14 heavy (non-hydrogen) atoms. The molecule has 0 unspecified atom stereocenters. The van der Waals surface area contributed by atoms with Gasteiger partial charge >= 0.3 is 0 Å². The number of phenolic OH excluding ortho intramolecular Hbond substituents is 1. The standard InChI is InChI=1S/C8H10N2O4/c9-7(4-11)6-3-5(12)1-2-8(6)10(13)14/h1-3,7,11-12H,4,9H2/t7-/m0/s1. The molecule has 0 bridgehead atoms. The van der Waals surface area contributed by atoms with Gasteiger partial charge in [-0.3, -0.25) is 10.1 Å². The molecule has 0 aromatic heterocycles. The first kappa shape index (κ1) is 10.4. The molecule has 1 aromatic carbocycles. The van der Waals surface area contributed by atoms with Gasteiger partial charge in [-0.2, -0.15) is 0 Å². The summed E-state index contributed by atoms with van der Waals surface area (Å²) in [6, 6.07) is 2.67. The summed E-state index contributed by atoms with van der Waals surface area (Å²) in [6.07, 6.45) is 0. The molecule has 0 aliphatic rings. The maximum Gasteiger partial charge on any atom is 0.274 e. The number of rotatable bonds is 3. The van der Waals surface area contributed by atoms with E-state index in [2.05, 4.69) is 0 Å². The molecule has 0 saturated carbocycles. The first-order valence-corrected chi connectivity index (χ1v) is 3.90. The summed E-state index contributed by atoms with van der Waals surface area (Å²) < 4.78 is 0. The van der Waals surface area contributed by atoms with E-state index in [1.807, 2.05) is 0 Å². The number of hydrogen-bond donors (Lipinski definition) is 3. The lowest BCUT2D eigenvalue weighted by atomic mass is 10.1. The summed E-state index contributed by atoms with van der Waals surface area (Å²) in [7, 11) is 0. The minimum atomic E-state index is -0.859. The van der Waals surface area contributed by atoms with Crippen molar-refractivity contribution in [3.05, 3.63) is 33.9 Å². The lowest BCUT2D eigenvalue weighted by molar-refractivity contribution is -0.385. The van der Waals surface area contributed by atoms with E-state index in [-0.39, 0.29) is 17.0 Å². The third kappa shape index (κ3) is 1.98. The van der Waals surface area contributed by atoms with Crippen LogP contribution in [0.4, 0.5) is 5.69 Å². The Hall–Kier alpha value is -1.66. The van der Waals surface area contributed by atoms with Gasteiger partial charge in [0.2, 0.25) is 0 Å². The van der Waals surface area contributed by atoms with Gasteiger partial charge in [-0.1, -0.05) is 0 Å². The number of aromatic hydroxyl groups is 1. The molecule has 0 aliphatic carbocycles. The molecule has 0 fully saturated rings. The van der Waals surface area contributed by atoms with E-state index in [9.17, 15) is 10.1 Å². The van der Waals surface area contributed by atoms with Crippen molar-refractivity contribution >= 4 is 5.69 Å². The molecule has 0 aliphatic heterocycles. The quantitative estimate of drug-likeness (QED) is 0.477. The maximum atomic E-state index is 10.5. The fourth-order valence-electron chi connectivity index (χ4n) is 1.10. The molecule has 76 valence electrons. The summed E-state index contributed by atoms with van der Waals surface area (Å²) in [5, 5.41) is 28.4. The fourth-order valence-corrected chi connectivity index (χ4v) is 1.10. The van der Waals surface area contributed by atoms with Crippen molar-refractivity contribution in [1.29, 1.82) is 0 Å².